The first-order valence-electron chi connectivity index (χ1n) is 5.79. The van der Waals surface area contributed by atoms with Gasteiger partial charge in [0.15, 0.2) is 0 Å². The molecule has 1 unspecified atom stereocenters. The van der Waals surface area contributed by atoms with Crippen LogP contribution in [0.2, 0.25) is 0 Å². The Morgan fingerprint density at radius 2 is 2.32 bits per heavy atom. The molecule has 1 aromatic rings. The van der Waals surface area contributed by atoms with E-state index in [1.54, 1.807) is 6.92 Å². The van der Waals surface area contributed by atoms with Crippen molar-refractivity contribution in [3.63, 3.8) is 0 Å². The van der Waals surface area contributed by atoms with Gasteiger partial charge in [-0.2, -0.15) is 0 Å². The lowest BCUT2D eigenvalue weighted by atomic mass is 10.2. The van der Waals surface area contributed by atoms with Gasteiger partial charge in [0.2, 0.25) is 0 Å². The summed E-state index contributed by atoms with van der Waals surface area (Å²) < 4.78 is 6.17. The fraction of sp³-hybridized carbons (Fsp3) is 0.500. The Labute approximate surface area is 108 Å². The molecule has 0 aliphatic carbocycles. The van der Waals surface area contributed by atoms with Gasteiger partial charge in [-0.3, -0.25) is 4.79 Å². The van der Waals surface area contributed by atoms with Crippen molar-refractivity contribution in [2.45, 2.75) is 31.8 Å². The molecule has 7 nitrogen and oxygen atoms in total. The summed E-state index contributed by atoms with van der Waals surface area (Å²) in [5.41, 5.74) is -1.07. The Bertz CT molecular complexity index is 636. The quantitative estimate of drug-likeness (QED) is 0.568. The smallest absolute Gasteiger partial charge is 0.330 e. The monoisotopic (exact) mass is 266 g/mol. The van der Waals surface area contributed by atoms with Crippen molar-refractivity contribution in [1.82, 2.24) is 9.55 Å². The van der Waals surface area contributed by atoms with E-state index >= 15 is 0 Å². The lowest BCUT2D eigenvalue weighted by Crippen LogP contribution is -2.39. The van der Waals surface area contributed by atoms with E-state index in [-0.39, 0.29) is 18.6 Å². The average molecular weight is 266 g/mol. The maximum absolute atomic E-state index is 12.1. The second-order valence-electron chi connectivity index (χ2n) is 4.17. The number of hydrogen-bond acceptors (Lipinski definition) is 5. The van der Waals surface area contributed by atoms with Crippen molar-refractivity contribution < 1.29 is 14.9 Å². The van der Waals surface area contributed by atoms with Gasteiger partial charge < -0.3 is 19.9 Å². The first kappa shape index (κ1) is 13.5. The van der Waals surface area contributed by atoms with Gasteiger partial charge in [0.05, 0.1) is 12.7 Å². The van der Waals surface area contributed by atoms with Gasteiger partial charge in [-0.15, -0.1) is 5.92 Å². The summed E-state index contributed by atoms with van der Waals surface area (Å²) in [4.78, 5) is 26.2. The number of aliphatic hydroxyl groups is 2. The first-order chi connectivity index (χ1) is 9.08. The highest BCUT2D eigenvalue weighted by Crippen LogP contribution is 2.26. The molecule has 1 fully saturated rings. The van der Waals surface area contributed by atoms with Crippen LogP contribution < -0.4 is 11.2 Å². The molecule has 1 aromatic heterocycles. The van der Waals surface area contributed by atoms with Gasteiger partial charge in [-0.25, -0.2) is 9.36 Å². The number of hydrogen-bond donors (Lipinski definition) is 3. The number of rotatable bonds is 2. The number of nitrogens with one attached hydrogen (secondary N) is 1. The van der Waals surface area contributed by atoms with Crippen molar-refractivity contribution in [3.8, 4) is 11.8 Å². The molecule has 0 amide bonds. The van der Waals surface area contributed by atoms with Crippen molar-refractivity contribution in [3.05, 3.63) is 32.6 Å². The molecule has 3 N–H and O–H groups in total. The van der Waals surface area contributed by atoms with Crippen LogP contribution in [0.15, 0.2) is 15.8 Å². The van der Waals surface area contributed by atoms with Crippen LogP contribution in [-0.2, 0) is 4.74 Å². The maximum atomic E-state index is 12.1. The third-order valence-corrected chi connectivity index (χ3v) is 2.94. The van der Waals surface area contributed by atoms with E-state index in [4.69, 9.17) is 9.84 Å². The molecular formula is C12H14N2O5. The van der Waals surface area contributed by atoms with Crippen LogP contribution in [0, 0.1) is 11.8 Å². The van der Waals surface area contributed by atoms with Crippen LogP contribution in [0.5, 0.6) is 0 Å². The van der Waals surface area contributed by atoms with E-state index < -0.39 is 29.7 Å². The largest absolute Gasteiger partial charge is 0.394 e. The van der Waals surface area contributed by atoms with Gasteiger partial charge in [-0.05, 0) is 6.92 Å². The van der Waals surface area contributed by atoms with Crippen molar-refractivity contribution >= 4 is 0 Å². The highest BCUT2D eigenvalue weighted by Gasteiger charge is 2.36. The van der Waals surface area contributed by atoms with Crippen molar-refractivity contribution in [2.75, 3.05) is 6.61 Å². The van der Waals surface area contributed by atoms with Crippen LogP contribution in [0.4, 0.5) is 0 Å². The van der Waals surface area contributed by atoms with Crippen molar-refractivity contribution in [2.24, 2.45) is 0 Å². The van der Waals surface area contributed by atoms with E-state index in [2.05, 4.69) is 16.8 Å². The summed E-state index contributed by atoms with van der Waals surface area (Å²) in [5, 5.41) is 18.6. The molecule has 19 heavy (non-hydrogen) atoms. The third-order valence-electron chi connectivity index (χ3n) is 2.94. The van der Waals surface area contributed by atoms with E-state index in [1.165, 1.54) is 6.20 Å². The Hall–Kier alpha value is -1.88. The highest BCUT2D eigenvalue weighted by molar-refractivity contribution is 5.28. The number of aromatic amines is 1. The standard InChI is InChI=1S/C12H14N2O5/c1-2-3-7-5-13-12(18)14(11(7)17)10-4-8(16)9(6-15)19-10/h5,8-10,15-16H,4,6H2,1H3,(H,13,18)/t8?,9-,10-/m1/s1. The van der Waals surface area contributed by atoms with Crippen molar-refractivity contribution in [1.29, 1.82) is 0 Å². The minimum absolute atomic E-state index is 0.0667. The Morgan fingerprint density at radius 1 is 1.58 bits per heavy atom. The summed E-state index contributed by atoms with van der Waals surface area (Å²) in [5.74, 6) is 5.16. The topological polar surface area (TPSA) is 105 Å². The zero-order valence-corrected chi connectivity index (χ0v) is 10.3. The number of nitrogens with zero attached hydrogens (tertiary/aromatic N) is 1. The van der Waals surface area contributed by atoms with Gasteiger partial charge >= 0.3 is 5.69 Å². The number of ether oxygens (including phenoxy) is 1. The fourth-order valence-electron chi connectivity index (χ4n) is 2.01. The molecule has 2 heterocycles. The predicted molar refractivity (Wildman–Crippen MR) is 65.5 cm³/mol. The van der Waals surface area contributed by atoms with Gasteiger partial charge in [-0.1, -0.05) is 5.92 Å². The van der Waals surface area contributed by atoms with E-state index in [9.17, 15) is 14.7 Å². The van der Waals surface area contributed by atoms with Gasteiger partial charge in [0, 0.05) is 12.6 Å². The fourth-order valence-corrected chi connectivity index (χ4v) is 2.01. The lowest BCUT2D eigenvalue weighted by Gasteiger charge is -2.13. The molecular weight excluding hydrogens is 252 g/mol. The van der Waals surface area contributed by atoms with Gasteiger partial charge in [0.25, 0.3) is 5.56 Å². The minimum Gasteiger partial charge on any atom is -0.394 e. The van der Waals surface area contributed by atoms with Crippen LogP contribution in [0.1, 0.15) is 25.1 Å². The van der Waals surface area contributed by atoms with Crippen LogP contribution >= 0.6 is 0 Å². The molecule has 1 saturated heterocycles. The maximum Gasteiger partial charge on any atom is 0.330 e. The average Bonchev–Trinajstić information content (AvgIpc) is 2.74. The lowest BCUT2D eigenvalue weighted by molar-refractivity contribution is -0.0469. The molecule has 0 aromatic carbocycles. The summed E-state index contributed by atoms with van der Waals surface area (Å²) >= 11 is 0. The number of aromatic nitrogens is 2. The summed E-state index contributed by atoms with van der Waals surface area (Å²) in [7, 11) is 0. The molecule has 2 rings (SSSR count). The molecule has 1 aliphatic heterocycles. The molecule has 0 spiro atoms. The highest BCUT2D eigenvalue weighted by atomic mass is 16.5. The summed E-state index contributed by atoms with van der Waals surface area (Å²) in [6.07, 6.45) is -1.30. The third kappa shape index (κ3) is 2.46. The SMILES string of the molecule is CC#Cc1c[nH]c(=O)n([C@H]2CC(O)[C@@H](CO)O2)c1=O. The predicted octanol–water partition coefficient (Wildman–Crippen LogP) is -1.45. The Balaban J connectivity index is 2.45. The zero-order chi connectivity index (χ0) is 14.0. The normalized spacial score (nSPS) is 25.9. The van der Waals surface area contributed by atoms with E-state index in [0.29, 0.717) is 0 Å². The molecule has 0 saturated carbocycles. The Morgan fingerprint density at radius 3 is 2.89 bits per heavy atom. The molecule has 3 atom stereocenters. The van der Waals surface area contributed by atoms with Gasteiger partial charge in [0.1, 0.15) is 17.9 Å². The minimum atomic E-state index is -0.915. The Kier molecular flexibility index (Phi) is 3.85. The number of H-pyrrole nitrogens is 1. The second-order valence-corrected chi connectivity index (χ2v) is 4.17. The zero-order valence-electron chi connectivity index (χ0n) is 10.3. The molecule has 1 aliphatic rings. The number of aliphatic hydroxyl groups excluding tert-OH is 2. The molecule has 7 heteroatoms. The summed E-state index contributed by atoms with van der Waals surface area (Å²) in [6.45, 7) is 1.20. The van der Waals surface area contributed by atoms with E-state index in [0.717, 1.165) is 4.57 Å². The second kappa shape index (κ2) is 5.40. The van der Waals surface area contributed by atoms with Crippen LogP contribution in [0.3, 0.4) is 0 Å². The molecule has 0 bridgehead atoms. The van der Waals surface area contributed by atoms with Crippen LogP contribution in [-0.4, -0.2) is 38.6 Å². The summed E-state index contributed by atoms with van der Waals surface area (Å²) in [6, 6.07) is 0. The first-order valence-corrected chi connectivity index (χ1v) is 5.79. The molecule has 102 valence electrons. The van der Waals surface area contributed by atoms with Crippen LogP contribution in [0.25, 0.3) is 0 Å². The molecule has 0 radical (unpaired) electrons. The van der Waals surface area contributed by atoms with E-state index in [1.807, 2.05) is 0 Å².